The molecule has 2 aliphatic rings. The van der Waals surface area contributed by atoms with Gasteiger partial charge >= 0.3 is 0 Å². The third kappa shape index (κ3) is 3.54. The molecule has 1 aromatic carbocycles. The molecule has 2 aliphatic carbocycles. The van der Waals surface area contributed by atoms with E-state index in [4.69, 9.17) is 0 Å². The minimum atomic E-state index is 0.701. The average molecular weight is 221 g/mol. The Morgan fingerprint density at radius 3 is 2.00 bits per heavy atom. The first-order valence-corrected chi connectivity index (χ1v) is 6.31. The smallest absolute Gasteiger partial charge is 0.0169 e. The second-order valence-electron chi connectivity index (χ2n) is 4.41. The van der Waals surface area contributed by atoms with Crippen LogP contribution in [0.5, 0.6) is 0 Å². The lowest BCUT2D eigenvalue weighted by Crippen LogP contribution is -2.23. The summed E-state index contributed by atoms with van der Waals surface area (Å²) in [7, 11) is 0. The number of rotatable bonds is 1. The molecule has 0 aromatic heterocycles. The second-order valence-corrected chi connectivity index (χ2v) is 4.67. The normalized spacial score (nSPS) is 18.7. The summed E-state index contributed by atoms with van der Waals surface area (Å²) in [6, 6.07) is 9.23. The van der Waals surface area contributed by atoms with Crippen molar-refractivity contribution in [2.45, 2.75) is 44.6 Å². The Balaban J connectivity index is 0.000000114. The molecule has 15 heavy (non-hydrogen) atoms. The number of benzene rings is 1. The molecule has 0 unspecified atom stereocenters. The predicted molar refractivity (Wildman–Crippen MR) is 68.2 cm³/mol. The molecule has 1 nitrogen and oxygen atoms in total. The molecule has 1 N–H and O–H groups in total. The van der Waals surface area contributed by atoms with Crippen LogP contribution in [0.3, 0.4) is 0 Å². The van der Waals surface area contributed by atoms with E-state index in [1.165, 1.54) is 49.7 Å². The number of fused-ring (bicyclic) bond motifs is 1. The van der Waals surface area contributed by atoms with E-state index in [9.17, 15) is 0 Å². The molecule has 0 spiro atoms. The summed E-state index contributed by atoms with van der Waals surface area (Å²) in [5, 5.41) is 0. The van der Waals surface area contributed by atoms with Crippen LogP contribution in [0.1, 0.15) is 43.2 Å². The summed E-state index contributed by atoms with van der Waals surface area (Å²) in [4.78, 5) is 0. The molecule has 0 atom stereocenters. The molecule has 0 heterocycles. The first-order valence-electron chi connectivity index (χ1n) is 5.86. The van der Waals surface area contributed by atoms with Crippen molar-refractivity contribution in [1.29, 1.82) is 0 Å². The zero-order valence-electron chi connectivity index (χ0n) is 9.08. The third-order valence-corrected chi connectivity index (χ3v) is 3.53. The Labute approximate surface area is 97.8 Å². The van der Waals surface area contributed by atoms with E-state index in [0.29, 0.717) is 6.04 Å². The molecular weight excluding hydrogens is 202 g/mol. The van der Waals surface area contributed by atoms with E-state index in [0.717, 1.165) is 0 Å². The molecule has 1 fully saturated rings. The lowest BCUT2D eigenvalue weighted by Gasteiger charge is -2.19. The first-order chi connectivity index (χ1) is 7.40. The highest BCUT2D eigenvalue weighted by molar-refractivity contribution is 7.78. The quantitative estimate of drug-likeness (QED) is 0.704. The van der Waals surface area contributed by atoms with Crippen molar-refractivity contribution in [1.82, 2.24) is 4.72 Å². The van der Waals surface area contributed by atoms with Gasteiger partial charge in [0.1, 0.15) is 0 Å². The van der Waals surface area contributed by atoms with Gasteiger partial charge in [0, 0.05) is 6.04 Å². The first kappa shape index (κ1) is 11.0. The highest BCUT2D eigenvalue weighted by atomic mass is 32.1. The van der Waals surface area contributed by atoms with E-state index >= 15 is 0 Å². The van der Waals surface area contributed by atoms with Gasteiger partial charge in [0.15, 0.2) is 0 Å². The number of nitrogens with one attached hydrogen (secondary N) is 1. The summed E-state index contributed by atoms with van der Waals surface area (Å²) in [6.45, 7) is 0. The maximum absolute atomic E-state index is 4.01. The van der Waals surface area contributed by atoms with Crippen molar-refractivity contribution >= 4 is 12.8 Å². The summed E-state index contributed by atoms with van der Waals surface area (Å²) in [5.74, 6) is 0. The van der Waals surface area contributed by atoms with Crippen molar-refractivity contribution in [3.8, 4) is 0 Å². The SMILES string of the molecule is SNC1CCCCC1.c1ccc2c(c1)C2. The minimum absolute atomic E-state index is 0.701. The zero-order valence-corrected chi connectivity index (χ0v) is 9.97. The highest BCUT2D eigenvalue weighted by Crippen LogP contribution is 2.25. The van der Waals surface area contributed by atoms with Crippen molar-refractivity contribution in [3.05, 3.63) is 35.4 Å². The van der Waals surface area contributed by atoms with Crippen molar-refractivity contribution in [2.24, 2.45) is 0 Å². The zero-order chi connectivity index (χ0) is 10.5. The fourth-order valence-corrected chi connectivity index (χ4v) is 2.33. The molecule has 0 bridgehead atoms. The highest BCUT2D eigenvalue weighted by Gasteiger charge is 2.12. The van der Waals surface area contributed by atoms with E-state index in [1.807, 2.05) is 0 Å². The van der Waals surface area contributed by atoms with Gasteiger partial charge in [-0.1, -0.05) is 56.3 Å². The van der Waals surface area contributed by atoms with Gasteiger partial charge in [0.2, 0.25) is 0 Å². The lowest BCUT2D eigenvalue weighted by molar-refractivity contribution is 0.424. The van der Waals surface area contributed by atoms with Crippen molar-refractivity contribution in [2.75, 3.05) is 0 Å². The summed E-state index contributed by atoms with van der Waals surface area (Å²) in [6.07, 6.45) is 8.09. The van der Waals surface area contributed by atoms with Gasteiger partial charge in [0.25, 0.3) is 0 Å². The average Bonchev–Trinajstić information content (AvgIpc) is 3.10. The standard InChI is InChI=1S/C7H6.C6H13NS/c1-2-4-7-5-6(7)3-1;8-7-6-4-2-1-3-5-6/h1-4H,5H2;6-8H,1-5H2. The van der Waals surface area contributed by atoms with Gasteiger partial charge in [0.05, 0.1) is 0 Å². The van der Waals surface area contributed by atoms with Crippen LogP contribution in [-0.2, 0) is 6.42 Å². The number of hydrogen-bond acceptors (Lipinski definition) is 2. The van der Waals surface area contributed by atoms with Gasteiger partial charge < -0.3 is 0 Å². The Kier molecular flexibility index (Phi) is 4.09. The number of thiol groups is 1. The van der Waals surface area contributed by atoms with Crippen LogP contribution in [0, 0.1) is 0 Å². The Hall–Kier alpha value is -0.470. The largest absolute Gasteiger partial charge is 0.264 e. The molecular formula is C13H19NS. The molecule has 82 valence electrons. The molecule has 3 rings (SSSR count). The molecule has 1 saturated carbocycles. The van der Waals surface area contributed by atoms with Crippen LogP contribution in [0.25, 0.3) is 0 Å². The van der Waals surface area contributed by atoms with Crippen LogP contribution >= 0.6 is 12.8 Å². The second kappa shape index (κ2) is 5.57. The van der Waals surface area contributed by atoms with Crippen LogP contribution < -0.4 is 4.72 Å². The maximum atomic E-state index is 4.01. The molecule has 2 heteroatoms. The molecule has 0 aliphatic heterocycles. The molecule has 0 radical (unpaired) electrons. The molecule has 1 aromatic rings. The van der Waals surface area contributed by atoms with Gasteiger partial charge in [-0.15, -0.1) is 0 Å². The van der Waals surface area contributed by atoms with Crippen LogP contribution in [0.4, 0.5) is 0 Å². The third-order valence-electron chi connectivity index (χ3n) is 3.16. The fraction of sp³-hybridized carbons (Fsp3) is 0.538. The predicted octanol–water partition coefficient (Wildman–Crippen LogP) is 3.34. The summed E-state index contributed by atoms with van der Waals surface area (Å²) >= 11 is 4.01. The van der Waals surface area contributed by atoms with Gasteiger partial charge in [-0.05, 0) is 30.4 Å². The van der Waals surface area contributed by atoms with Crippen LogP contribution in [0.2, 0.25) is 0 Å². The summed E-state index contributed by atoms with van der Waals surface area (Å²) < 4.78 is 3.00. The van der Waals surface area contributed by atoms with Crippen LogP contribution in [0.15, 0.2) is 24.3 Å². The minimum Gasteiger partial charge on any atom is -0.264 e. The Bertz CT molecular complexity index is 284. The van der Waals surface area contributed by atoms with Crippen LogP contribution in [-0.4, -0.2) is 6.04 Å². The maximum Gasteiger partial charge on any atom is 0.0169 e. The molecule has 0 saturated heterocycles. The fourth-order valence-electron chi connectivity index (χ4n) is 2.07. The van der Waals surface area contributed by atoms with Crippen molar-refractivity contribution in [3.63, 3.8) is 0 Å². The van der Waals surface area contributed by atoms with Crippen molar-refractivity contribution < 1.29 is 0 Å². The van der Waals surface area contributed by atoms with E-state index in [2.05, 4.69) is 41.8 Å². The topological polar surface area (TPSA) is 12.0 Å². The van der Waals surface area contributed by atoms with E-state index in [1.54, 1.807) is 0 Å². The monoisotopic (exact) mass is 221 g/mol. The Morgan fingerprint density at radius 2 is 1.60 bits per heavy atom. The van der Waals surface area contributed by atoms with E-state index < -0.39 is 0 Å². The van der Waals surface area contributed by atoms with Gasteiger partial charge in [-0.25, -0.2) is 0 Å². The summed E-state index contributed by atoms with van der Waals surface area (Å²) in [5.41, 5.74) is 3.06. The van der Waals surface area contributed by atoms with E-state index in [-0.39, 0.29) is 0 Å². The van der Waals surface area contributed by atoms with Gasteiger partial charge in [-0.3, -0.25) is 4.72 Å². The van der Waals surface area contributed by atoms with Gasteiger partial charge in [-0.2, -0.15) is 0 Å². The number of hydrogen-bond donors (Lipinski definition) is 2. The molecule has 0 amide bonds. The lowest BCUT2D eigenvalue weighted by atomic mass is 9.96. The Morgan fingerprint density at radius 1 is 1.00 bits per heavy atom.